The topological polar surface area (TPSA) is 79.1 Å². The first-order valence-corrected chi connectivity index (χ1v) is 9.97. The number of hydrogen-bond donors (Lipinski definition) is 1. The van der Waals surface area contributed by atoms with Crippen molar-refractivity contribution in [2.45, 2.75) is 6.17 Å². The van der Waals surface area contributed by atoms with Gasteiger partial charge >= 0.3 is 0 Å². The normalized spacial score (nSPS) is 15.8. The van der Waals surface area contributed by atoms with Crippen molar-refractivity contribution in [2.75, 3.05) is 11.9 Å². The monoisotopic (exact) mass is 427 g/mol. The predicted octanol–water partition coefficient (Wildman–Crippen LogP) is 3.04. The van der Waals surface area contributed by atoms with Crippen LogP contribution in [0, 0.1) is 5.82 Å². The Labute approximate surface area is 182 Å². The van der Waals surface area contributed by atoms with E-state index in [2.05, 4.69) is 15.3 Å². The smallest absolute Gasteiger partial charge is 0.273 e. The Morgan fingerprint density at radius 3 is 2.50 bits per heavy atom. The number of para-hydroxylation sites is 1. The van der Waals surface area contributed by atoms with Crippen molar-refractivity contribution in [3.05, 3.63) is 102 Å². The molecule has 1 atom stereocenters. The van der Waals surface area contributed by atoms with E-state index in [4.69, 9.17) is 0 Å². The highest BCUT2D eigenvalue weighted by molar-refractivity contribution is 6.20. The number of amides is 2. The van der Waals surface area contributed by atoms with Crippen LogP contribution in [0.5, 0.6) is 0 Å². The van der Waals surface area contributed by atoms with E-state index in [1.807, 2.05) is 12.1 Å². The van der Waals surface area contributed by atoms with Crippen LogP contribution < -0.4 is 10.2 Å². The number of fused-ring (bicyclic) bond motifs is 2. The summed E-state index contributed by atoms with van der Waals surface area (Å²) in [6, 6.07) is 18.7. The Balaban J connectivity index is 1.58. The van der Waals surface area contributed by atoms with Gasteiger partial charge in [0.2, 0.25) is 6.17 Å². The van der Waals surface area contributed by atoms with Gasteiger partial charge in [0.1, 0.15) is 17.2 Å². The summed E-state index contributed by atoms with van der Waals surface area (Å²) in [5, 5.41) is 2.65. The number of rotatable bonds is 3. The van der Waals surface area contributed by atoms with Crippen LogP contribution in [0.2, 0.25) is 0 Å². The number of carbonyl (C=O) groups is 2. The lowest BCUT2D eigenvalue weighted by Crippen LogP contribution is -2.46. The summed E-state index contributed by atoms with van der Waals surface area (Å²) in [5.41, 5.74) is 2.45. The number of likely N-dealkylation sites (N-methyl/N-ethyl adjacent to an activating group) is 1. The van der Waals surface area contributed by atoms with Crippen molar-refractivity contribution in [1.29, 1.82) is 0 Å². The number of carbonyl (C=O) groups excluding carboxylic acids is 2. The molecule has 5 rings (SSSR count). The van der Waals surface area contributed by atoms with Gasteiger partial charge in [0.05, 0.1) is 11.4 Å². The minimum Gasteiger partial charge on any atom is -0.321 e. The fraction of sp³-hybridized carbons (Fsp3) is 0.0833. The van der Waals surface area contributed by atoms with Gasteiger partial charge in [-0.25, -0.2) is 14.4 Å². The number of halogens is 1. The molecule has 1 aliphatic heterocycles. The maximum atomic E-state index is 14.7. The Kier molecular flexibility index (Phi) is 4.74. The number of hydrogen-bond acceptors (Lipinski definition) is 4. The van der Waals surface area contributed by atoms with Crippen LogP contribution in [0.3, 0.4) is 0 Å². The van der Waals surface area contributed by atoms with Gasteiger partial charge in [-0.1, -0.05) is 36.4 Å². The molecule has 0 saturated heterocycles. The molecule has 158 valence electrons. The second kappa shape index (κ2) is 7.73. The van der Waals surface area contributed by atoms with Crippen LogP contribution >= 0.6 is 0 Å². The SMILES string of the molecule is CN1C(=O)C(NC(=O)c2cn3ccccc3n2)N=C(c2ccccc2F)c2ccccc21. The largest absolute Gasteiger partial charge is 0.321 e. The molecule has 7 nitrogen and oxygen atoms in total. The Morgan fingerprint density at radius 1 is 1.00 bits per heavy atom. The molecule has 3 heterocycles. The highest BCUT2D eigenvalue weighted by Crippen LogP contribution is 2.28. The van der Waals surface area contributed by atoms with E-state index in [0.717, 1.165) is 0 Å². The zero-order chi connectivity index (χ0) is 22.2. The summed E-state index contributed by atoms with van der Waals surface area (Å²) in [6.07, 6.45) is 2.10. The van der Waals surface area contributed by atoms with E-state index in [-0.39, 0.29) is 17.0 Å². The lowest BCUT2D eigenvalue weighted by Gasteiger charge is -2.20. The molecule has 0 bridgehead atoms. The standard InChI is InChI=1S/C24H18FN5O2/c1-29-19-11-5-3-9-16(19)21(15-8-2-4-10-17(15)25)27-22(24(29)32)28-23(31)18-14-30-13-7-6-12-20(30)26-18/h2-14,22H,1H3,(H,28,31). The van der Waals surface area contributed by atoms with Crippen LogP contribution in [0.15, 0.2) is 84.1 Å². The molecule has 1 unspecified atom stereocenters. The number of nitrogens with one attached hydrogen (secondary N) is 1. The summed E-state index contributed by atoms with van der Waals surface area (Å²) in [6.45, 7) is 0. The van der Waals surface area contributed by atoms with Gasteiger partial charge in [-0.15, -0.1) is 0 Å². The molecule has 0 radical (unpaired) electrons. The molecular formula is C24H18FN5O2. The first-order chi connectivity index (χ1) is 15.5. The van der Waals surface area contributed by atoms with Crippen molar-refractivity contribution in [2.24, 2.45) is 4.99 Å². The number of nitrogens with zero attached hydrogens (tertiary/aromatic N) is 4. The van der Waals surface area contributed by atoms with E-state index in [9.17, 15) is 14.0 Å². The maximum Gasteiger partial charge on any atom is 0.273 e. The fourth-order valence-corrected chi connectivity index (χ4v) is 3.73. The van der Waals surface area contributed by atoms with Crippen molar-refractivity contribution >= 4 is 28.9 Å². The molecule has 2 aromatic heterocycles. The first kappa shape index (κ1) is 19.6. The molecule has 0 aliphatic carbocycles. The molecule has 8 heteroatoms. The van der Waals surface area contributed by atoms with Crippen LogP contribution in [0.1, 0.15) is 21.6 Å². The third-order valence-corrected chi connectivity index (χ3v) is 5.34. The summed E-state index contributed by atoms with van der Waals surface area (Å²) in [7, 11) is 1.60. The van der Waals surface area contributed by atoms with Crippen LogP contribution in [0.4, 0.5) is 10.1 Å². The molecule has 1 aliphatic rings. The van der Waals surface area contributed by atoms with Gasteiger partial charge in [-0.3, -0.25) is 9.59 Å². The first-order valence-electron chi connectivity index (χ1n) is 9.97. The number of benzene rings is 2. The van der Waals surface area contributed by atoms with E-state index in [1.54, 1.807) is 72.4 Å². The number of benzodiazepines with no additional fused rings is 1. The van der Waals surface area contributed by atoms with Crippen LogP contribution in [-0.4, -0.2) is 40.1 Å². The predicted molar refractivity (Wildman–Crippen MR) is 118 cm³/mol. The maximum absolute atomic E-state index is 14.7. The number of aromatic nitrogens is 2. The molecule has 2 amide bonds. The lowest BCUT2D eigenvalue weighted by atomic mass is 10.00. The zero-order valence-electron chi connectivity index (χ0n) is 17.1. The number of aliphatic imine (C=N–C) groups is 1. The average Bonchev–Trinajstić information content (AvgIpc) is 3.22. The third kappa shape index (κ3) is 3.31. The Bertz CT molecular complexity index is 1360. The van der Waals surface area contributed by atoms with Crippen molar-refractivity contribution in [3.8, 4) is 0 Å². The minimum absolute atomic E-state index is 0.149. The molecule has 1 N–H and O–H groups in total. The molecule has 0 fully saturated rings. The average molecular weight is 427 g/mol. The quantitative estimate of drug-likeness (QED) is 0.546. The van der Waals surface area contributed by atoms with Crippen LogP contribution in [0.25, 0.3) is 5.65 Å². The van der Waals surface area contributed by atoms with Gasteiger partial charge in [0.25, 0.3) is 11.8 Å². The Morgan fingerprint density at radius 2 is 1.72 bits per heavy atom. The van der Waals surface area contributed by atoms with Crippen molar-refractivity contribution < 1.29 is 14.0 Å². The van der Waals surface area contributed by atoms with Gasteiger partial charge in [-0.2, -0.15) is 0 Å². The summed E-state index contributed by atoms with van der Waals surface area (Å²) in [5.74, 6) is -1.47. The van der Waals surface area contributed by atoms with Crippen molar-refractivity contribution in [1.82, 2.24) is 14.7 Å². The van der Waals surface area contributed by atoms with E-state index < -0.39 is 23.8 Å². The van der Waals surface area contributed by atoms with Gasteiger partial charge in [0.15, 0.2) is 0 Å². The van der Waals surface area contributed by atoms with E-state index in [1.165, 1.54) is 11.0 Å². The molecule has 4 aromatic rings. The Hall–Kier alpha value is -4.33. The van der Waals surface area contributed by atoms with E-state index >= 15 is 0 Å². The van der Waals surface area contributed by atoms with Crippen molar-refractivity contribution in [3.63, 3.8) is 0 Å². The van der Waals surface area contributed by atoms with Gasteiger partial charge < -0.3 is 14.6 Å². The highest BCUT2D eigenvalue weighted by Gasteiger charge is 2.32. The van der Waals surface area contributed by atoms with Crippen LogP contribution in [-0.2, 0) is 4.79 Å². The molecule has 2 aromatic carbocycles. The molecular weight excluding hydrogens is 409 g/mol. The second-order valence-corrected chi connectivity index (χ2v) is 7.34. The number of anilines is 1. The zero-order valence-corrected chi connectivity index (χ0v) is 17.1. The lowest BCUT2D eigenvalue weighted by molar-refractivity contribution is -0.119. The molecule has 0 spiro atoms. The third-order valence-electron chi connectivity index (χ3n) is 5.34. The number of imidazole rings is 1. The number of pyridine rings is 1. The molecule has 32 heavy (non-hydrogen) atoms. The second-order valence-electron chi connectivity index (χ2n) is 7.34. The fourth-order valence-electron chi connectivity index (χ4n) is 3.73. The summed E-state index contributed by atoms with van der Waals surface area (Å²) < 4.78 is 16.4. The summed E-state index contributed by atoms with van der Waals surface area (Å²) >= 11 is 0. The van der Waals surface area contributed by atoms with Gasteiger partial charge in [0, 0.05) is 30.6 Å². The molecule has 0 saturated carbocycles. The highest BCUT2D eigenvalue weighted by atomic mass is 19.1. The van der Waals surface area contributed by atoms with E-state index in [0.29, 0.717) is 16.9 Å². The van der Waals surface area contributed by atoms with Gasteiger partial charge in [-0.05, 0) is 30.3 Å². The minimum atomic E-state index is -1.25. The summed E-state index contributed by atoms with van der Waals surface area (Å²) in [4.78, 5) is 36.4.